The van der Waals surface area contributed by atoms with Gasteiger partial charge in [0.25, 0.3) is 0 Å². The van der Waals surface area contributed by atoms with Crippen molar-refractivity contribution in [2.75, 3.05) is 39.6 Å². The first-order valence-corrected chi connectivity index (χ1v) is 4.81. The summed E-state index contributed by atoms with van der Waals surface area (Å²) >= 11 is 0. The Hall–Kier alpha value is 0.609. The van der Waals surface area contributed by atoms with E-state index in [2.05, 4.69) is 6.58 Å². The Morgan fingerprint density at radius 2 is 1.62 bits per heavy atom. The van der Waals surface area contributed by atoms with Crippen LogP contribution >= 0.6 is 0 Å². The summed E-state index contributed by atoms with van der Waals surface area (Å²) in [6.07, 6.45) is 0. The largest absolute Gasteiger partial charge is 0.676 e. The monoisotopic (exact) mass is 390 g/mol. The van der Waals surface area contributed by atoms with E-state index in [0.717, 1.165) is 0 Å². The third-order valence-electron chi connectivity index (χ3n) is 1.43. The van der Waals surface area contributed by atoms with Crippen LogP contribution in [-0.2, 0) is 19.0 Å². The van der Waals surface area contributed by atoms with E-state index in [4.69, 9.17) is 19.9 Å². The molecule has 5 nitrogen and oxygen atoms in total. The van der Waals surface area contributed by atoms with Gasteiger partial charge in [-0.1, -0.05) is 6.58 Å². The Bertz CT molecular complexity index is 199. The van der Waals surface area contributed by atoms with Crippen molar-refractivity contribution in [2.24, 2.45) is 0 Å². The number of carbonyl (C=O) groups excluding carboxylic acids is 1. The molecular weight excluding hydrogens is 371 g/mol. The summed E-state index contributed by atoms with van der Waals surface area (Å²) in [5.74, 6) is -0.399. The van der Waals surface area contributed by atoms with E-state index >= 15 is 0 Å². The van der Waals surface area contributed by atoms with Crippen LogP contribution in [0.5, 0.6) is 0 Å². The Labute approximate surface area is 135 Å². The SMILES string of the molecule is C=C(C)C(=O)OCCOCCOCC[NH-].[Yb]. The molecular formula is C10H18NO4Yb-. The molecule has 0 radical (unpaired) electrons. The van der Waals surface area contributed by atoms with Gasteiger partial charge in [0.15, 0.2) is 0 Å². The van der Waals surface area contributed by atoms with Crippen molar-refractivity contribution >= 4 is 5.97 Å². The van der Waals surface area contributed by atoms with E-state index in [0.29, 0.717) is 32.0 Å². The van der Waals surface area contributed by atoms with Crippen LogP contribution < -0.4 is 0 Å². The van der Waals surface area contributed by atoms with E-state index in [-0.39, 0.29) is 60.1 Å². The summed E-state index contributed by atoms with van der Waals surface area (Å²) < 4.78 is 14.9. The molecule has 16 heavy (non-hydrogen) atoms. The smallest absolute Gasteiger partial charge is 0.333 e. The van der Waals surface area contributed by atoms with Crippen LogP contribution in [0.3, 0.4) is 0 Å². The van der Waals surface area contributed by atoms with Gasteiger partial charge in [-0.15, -0.1) is 6.54 Å². The normalized spacial score (nSPS) is 9.38. The first-order chi connectivity index (χ1) is 7.18. The van der Waals surface area contributed by atoms with Crippen LogP contribution in [0.2, 0.25) is 0 Å². The zero-order chi connectivity index (χ0) is 11.5. The summed E-state index contributed by atoms with van der Waals surface area (Å²) in [6.45, 7) is 7.22. The van der Waals surface area contributed by atoms with Crippen LogP contribution in [0.25, 0.3) is 5.73 Å². The van der Waals surface area contributed by atoms with Crippen molar-refractivity contribution in [3.8, 4) is 0 Å². The average molecular weight is 389 g/mol. The van der Waals surface area contributed by atoms with Crippen LogP contribution in [0.1, 0.15) is 6.92 Å². The second-order valence-corrected chi connectivity index (χ2v) is 2.89. The fourth-order valence-electron chi connectivity index (χ4n) is 0.711. The van der Waals surface area contributed by atoms with Crippen molar-refractivity contribution in [3.05, 3.63) is 17.9 Å². The zero-order valence-corrected chi connectivity index (χ0v) is 11.1. The number of hydrogen-bond donors (Lipinski definition) is 0. The second-order valence-electron chi connectivity index (χ2n) is 2.89. The van der Waals surface area contributed by atoms with E-state index in [1.54, 1.807) is 6.92 Å². The minimum atomic E-state index is -0.399. The number of hydrogen-bond acceptors (Lipinski definition) is 4. The molecule has 0 unspecified atom stereocenters. The van der Waals surface area contributed by atoms with E-state index in [1.807, 2.05) is 0 Å². The molecule has 0 aliphatic heterocycles. The number of carbonyl (C=O) groups is 1. The molecule has 6 heteroatoms. The molecule has 0 fully saturated rings. The van der Waals surface area contributed by atoms with Crippen molar-refractivity contribution in [2.45, 2.75) is 6.92 Å². The third-order valence-corrected chi connectivity index (χ3v) is 1.43. The van der Waals surface area contributed by atoms with Gasteiger partial charge in [0.1, 0.15) is 6.61 Å². The molecule has 0 aliphatic carbocycles. The Morgan fingerprint density at radius 1 is 1.12 bits per heavy atom. The summed E-state index contributed by atoms with van der Waals surface area (Å²) in [4.78, 5) is 10.9. The Balaban J connectivity index is 0. The quantitative estimate of drug-likeness (QED) is 0.338. The molecule has 1 N–H and O–H groups in total. The predicted molar refractivity (Wildman–Crippen MR) is 56.6 cm³/mol. The van der Waals surface area contributed by atoms with Gasteiger partial charge in [-0.25, -0.2) is 4.79 Å². The van der Waals surface area contributed by atoms with Crippen LogP contribution in [0.15, 0.2) is 12.2 Å². The molecule has 0 heterocycles. The van der Waals surface area contributed by atoms with Crippen LogP contribution in [0, 0.1) is 46.9 Å². The molecule has 0 aromatic carbocycles. The Kier molecular flexibility index (Phi) is 16.2. The summed E-state index contributed by atoms with van der Waals surface area (Å²) in [7, 11) is 0. The predicted octanol–water partition coefficient (Wildman–Crippen LogP) is 1.19. The maximum atomic E-state index is 10.9. The fourth-order valence-corrected chi connectivity index (χ4v) is 0.711. The van der Waals surface area contributed by atoms with Crippen molar-refractivity contribution in [1.29, 1.82) is 0 Å². The molecule has 0 aromatic heterocycles. The zero-order valence-electron chi connectivity index (χ0n) is 9.35. The molecule has 0 saturated heterocycles. The summed E-state index contributed by atoms with van der Waals surface area (Å²) in [6, 6.07) is 0. The maximum Gasteiger partial charge on any atom is 0.333 e. The van der Waals surface area contributed by atoms with Crippen LogP contribution in [-0.4, -0.2) is 45.5 Å². The molecule has 0 spiro atoms. The van der Waals surface area contributed by atoms with Crippen molar-refractivity contribution in [3.63, 3.8) is 0 Å². The number of esters is 1. The van der Waals surface area contributed by atoms with Crippen LogP contribution in [0.4, 0.5) is 0 Å². The molecule has 0 aromatic rings. The van der Waals surface area contributed by atoms with Crippen molar-refractivity contribution < 1.29 is 65.9 Å². The molecule has 0 aliphatic rings. The standard InChI is InChI=1S/C10H18NO4.Yb/c1-9(2)10(12)15-8-7-14-6-5-13-4-3-11;/h11H,1,3-8H2,2H3;/q-1;. The van der Waals surface area contributed by atoms with Gasteiger partial charge in [0, 0.05) is 59.1 Å². The average Bonchev–Trinajstić information content (AvgIpc) is 2.21. The minimum absolute atomic E-state index is 0. The summed E-state index contributed by atoms with van der Waals surface area (Å²) in [5.41, 5.74) is 7.19. The second kappa shape index (κ2) is 13.7. The fraction of sp³-hybridized carbons (Fsp3) is 0.700. The number of rotatable bonds is 9. The van der Waals surface area contributed by atoms with Gasteiger partial charge in [0.05, 0.1) is 19.8 Å². The molecule has 0 bridgehead atoms. The molecule has 0 saturated carbocycles. The summed E-state index contributed by atoms with van der Waals surface area (Å²) in [5, 5.41) is 0. The van der Waals surface area contributed by atoms with Gasteiger partial charge in [0.2, 0.25) is 0 Å². The van der Waals surface area contributed by atoms with E-state index < -0.39 is 5.97 Å². The van der Waals surface area contributed by atoms with E-state index in [9.17, 15) is 4.79 Å². The topological polar surface area (TPSA) is 68.6 Å². The first-order valence-electron chi connectivity index (χ1n) is 4.81. The van der Waals surface area contributed by atoms with Gasteiger partial charge >= 0.3 is 5.97 Å². The van der Waals surface area contributed by atoms with Gasteiger partial charge in [-0.2, -0.15) is 0 Å². The van der Waals surface area contributed by atoms with E-state index in [1.165, 1.54) is 0 Å². The molecule has 102 valence electrons. The van der Waals surface area contributed by atoms with Gasteiger partial charge in [-0.3, -0.25) is 0 Å². The van der Waals surface area contributed by atoms with Gasteiger partial charge in [-0.05, 0) is 6.92 Å². The molecule has 0 rings (SSSR count). The first kappa shape index (κ1) is 19.0. The van der Waals surface area contributed by atoms with Gasteiger partial charge < -0.3 is 19.9 Å². The minimum Gasteiger partial charge on any atom is -0.676 e. The number of nitrogens with one attached hydrogen (secondary N) is 1. The maximum absolute atomic E-state index is 10.9. The molecule has 0 atom stereocenters. The Morgan fingerprint density at radius 3 is 2.12 bits per heavy atom. The molecule has 0 amide bonds. The van der Waals surface area contributed by atoms with Crippen molar-refractivity contribution in [1.82, 2.24) is 0 Å². The third kappa shape index (κ3) is 12.7. The number of ether oxygens (including phenoxy) is 3.